The Morgan fingerprint density at radius 2 is 2.13 bits per heavy atom. The van der Waals surface area contributed by atoms with Gasteiger partial charge in [-0.15, -0.1) is 16.4 Å². The third-order valence-electron chi connectivity index (χ3n) is 4.07. The molecule has 8 nitrogen and oxygen atoms in total. The van der Waals surface area contributed by atoms with Crippen LogP contribution in [0.3, 0.4) is 0 Å². The number of anilines is 1. The molecule has 1 amide bonds. The molecule has 2 heterocycles. The lowest BCUT2D eigenvalue weighted by atomic mass is 10.2. The number of ether oxygens (including phenoxy) is 1. The molecular formula is C21H18N6O2S. The minimum absolute atomic E-state index is 0.242. The van der Waals surface area contributed by atoms with E-state index in [9.17, 15) is 4.79 Å². The molecule has 4 aromatic rings. The Morgan fingerprint density at radius 3 is 2.93 bits per heavy atom. The third-order valence-corrected chi connectivity index (χ3v) is 4.89. The van der Waals surface area contributed by atoms with Crippen LogP contribution in [-0.2, 0) is 11.4 Å². The predicted octanol–water partition coefficient (Wildman–Crippen LogP) is 3.66. The number of tetrazole rings is 1. The monoisotopic (exact) mass is 418 g/mol. The van der Waals surface area contributed by atoms with Crippen molar-refractivity contribution in [1.29, 1.82) is 0 Å². The Kier molecular flexibility index (Phi) is 5.90. The number of hydrogen-bond acceptors (Lipinski definition) is 7. The number of amides is 1. The molecule has 0 aliphatic carbocycles. The van der Waals surface area contributed by atoms with Gasteiger partial charge in [-0.1, -0.05) is 18.2 Å². The lowest BCUT2D eigenvalue weighted by Gasteiger charge is -2.06. The second-order valence-corrected chi connectivity index (χ2v) is 7.41. The topological polar surface area (TPSA) is 94.8 Å². The molecule has 0 saturated carbocycles. The Labute approximate surface area is 176 Å². The number of carbonyl (C=O) groups excluding carboxylic acids is 1. The number of carbonyl (C=O) groups is 1. The van der Waals surface area contributed by atoms with Crippen molar-refractivity contribution in [2.24, 2.45) is 0 Å². The summed E-state index contributed by atoms with van der Waals surface area (Å²) in [6.07, 6.45) is 4.71. The van der Waals surface area contributed by atoms with Gasteiger partial charge < -0.3 is 10.1 Å². The Morgan fingerprint density at radius 1 is 1.23 bits per heavy atom. The molecule has 0 unspecified atom stereocenters. The van der Waals surface area contributed by atoms with E-state index in [-0.39, 0.29) is 5.91 Å². The van der Waals surface area contributed by atoms with E-state index in [4.69, 9.17) is 4.74 Å². The normalized spacial score (nSPS) is 11.0. The van der Waals surface area contributed by atoms with Gasteiger partial charge in [-0.05, 0) is 59.3 Å². The molecule has 0 bridgehead atoms. The fourth-order valence-corrected chi connectivity index (χ4v) is 3.30. The lowest BCUT2D eigenvalue weighted by molar-refractivity contribution is -0.111. The number of nitrogens with zero attached hydrogens (tertiary/aromatic N) is 5. The summed E-state index contributed by atoms with van der Waals surface area (Å²) >= 11 is 1.60. The van der Waals surface area contributed by atoms with Crippen LogP contribution in [0.2, 0.25) is 0 Å². The average molecular weight is 418 g/mol. The molecule has 2 aromatic carbocycles. The van der Waals surface area contributed by atoms with Gasteiger partial charge in [0.25, 0.3) is 0 Å². The van der Waals surface area contributed by atoms with E-state index in [0.29, 0.717) is 12.3 Å². The van der Waals surface area contributed by atoms with Crippen LogP contribution in [0.25, 0.3) is 11.8 Å². The van der Waals surface area contributed by atoms with E-state index in [2.05, 4.69) is 25.8 Å². The van der Waals surface area contributed by atoms with Crippen molar-refractivity contribution in [1.82, 2.24) is 25.2 Å². The van der Waals surface area contributed by atoms with Crippen LogP contribution in [-0.4, -0.2) is 31.1 Å². The maximum absolute atomic E-state index is 12.3. The Balaban J connectivity index is 1.36. The van der Waals surface area contributed by atoms with Crippen LogP contribution in [0.15, 0.2) is 66.3 Å². The van der Waals surface area contributed by atoms with Crippen molar-refractivity contribution in [2.45, 2.75) is 13.5 Å². The zero-order valence-electron chi connectivity index (χ0n) is 16.1. The van der Waals surface area contributed by atoms with Gasteiger partial charge in [0, 0.05) is 17.1 Å². The number of benzene rings is 2. The number of thiazole rings is 1. The smallest absolute Gasteiger partial charge is 0.248 e. The fourth-order valence-electron chi connectivity index (χ4n) is 2.70. The second kappa shape index (κ2) is 9.10. The third kappa shape index (κ3) is 5.15. The highest BCUT2D eigenvalue weighted by atomic mass is 32.1. The summed E-state index contributed by atoms with van der Waals surface area (Å²) in [5.41, 5.74) is 3.16. The van der Waals surface area contributed by atoms with E-state index < -0.39 is 0 Å². The van der Waals surface area contributed by atoms with E-state index in [0.717, 1.165) is 27.7 Å². The molecule has 0 fully saturated rings. The van der Waals surface area contributed by atoms with Crippen LogP contribution in [0.1, 0.15) is 16.3 Å². The Hall–Kier alpha value is -3.85. The maximum atomic E-state index is 12.3. The van der Waals surface area contributed by atoms with Gasteiger partial charge >= 0.3 is 0 Å². The van der Waals surface area contributed by atoms with Crippen molar-refractivity contribution in [3.63, 3.8) is 0 Å². The van der Waals surface area contributed by atoms with Crippen molar-refractivity contribution in [3.8, 4) is 11.4 Å². The summed E-state index contributed by atoms with van der Waals surface area (Å²) in [5, 5.41) is 16.9. The molecule has 0 radical (unpaired) electrons. The quantitative estimate of drug-likeness (QED) is 0.460. The highest BCUT2D eigenvalue weighted by Crippen LogP contribution is 2.18. The zero-order valence-corrected chi connectivity index (χ0v) is 16.9. The number of hydrogen-bond donors (Lipinski definition) is 1. The molecule has 0 aliphatic heterocycles. The lowest BCUT2D eigenvalue weighted by Crippen LogP contribution is -2.08. The van der Waals surface area contributed by atoms with E-state index >= 15 is 0 Å². The SMILES string of the molecule is Cc1nc(COc2cccc(/C=C/C(=O)Nc3cccc(-n4cnnn4)c3)c2)cs1. The van der Waals surface area contributed by atoms with Crippen molar-refractivity contribution < 1.29 is 9.53 Å². The average Bonchev–Trinajstić information content (AvgIpc) is 3.43. The molecular weight excluding hydrogens is 400 g/mol. The first-order valence-electron chi connectivity index (χ1n) is 9.12. The van der Waals surface area contributed by atoms with Gasteiger partial charge in [0.2, 0.25) is 5.91 Å². The zero-order chi connectivity index (χ0) is 20.8. The molecule has 0 atom stereocenters. The van der Waals surface area contributed by atoms with Crippen LogP contribution in [0.5, 0.6) is 5.75 Å². The van der Waals surface area contributed by atoms with E-state index in [1.165, 1.54) is 17.1 Å². The van der Waals surface area contributed by atoms with Gasteiger partial charge in [-0.3, -0.25) is 4.79 Å². The Bertz CT molecular complexity index is 1170. The minimum atomic E-state index is -0.242. The van der Waals surface area contributed by atoms with Crippen molar-refractivity contribution in [2.75, 3.05) is 5.32 Å². The standard InChI is InChI=1S/C21H18N6O2S/c1-15-23-18(13-30-15)12-29-20-7-2-4-16(10-20)8-9-21(28)24-17-5-3-6-19(11-17)27-14-22-25-26-27/h2-11,13-14H,12H2,1H3,(H,24,28)/b9-8+. The van der Waals surface area contributed by atoms with Gasteiger partial charge in [-0.2, -0.15) is 0 Å². The number of aromatic nitrogens is 5. The highest BCUT2D eigenvalue weighted by molar-refractivity contribution is 7.09. The summed E-state index contributed by atoms with van der Waals surface area (Å²) in [5.74, 6) is 0.477. The summed E-state index contributed by atoms with van der Waals surface area (Å²) in [6, 6.07) is 14.8. The molecule has 1 N–H and O–H groups in total. The fraction of sp³-hybridized carbons (Fsp3) is 0.0952. The van der Waals surface area contributed by atoms with Crippen LogP contribution >= 0.6 is 11.3 Å². The summed E-state index contributed by atoms with van der Waals surface area (Å²) in [4.78, 5) is 16.7. The van der Waals surface area contributed by atoms with Crippen LogP contribution < -0.4 is 10.1 Å². The van der Waals surface area contributed by atoms with Crippen LogP contribution in [0.4, 0.5) is 5.69 Å². The molecule has 2 aromatic heterocycles. The molecule has 4 rings (SSSR count). The van der Waals surface area contributed by atoms with Crippen LogP contribution in [0, 0.1) is 6.92 Å². The maximum Gasteiger partial charge on any atom is 0.248 e. The van der Waals surface area contributed by atoms with Gasteiger partial charge in [0.1, 0.15) is 18.7 Å². The summed E-state index contributed by atoms with van der Waals surface area (Å²) < 4.78 is 7.31. The highest BCUT2D eigenvalue weighted by Gasteiger charge is 2.03. The number of rotatable bonds is 7. The first-order valence-corrected chi connectivity index (χ1v) is 10.00. The van der Waals surface area contributed by atoms with Crippen molar-refractivity contribution >= 4 is 29.0 Å². The largest absolute Gasteiger partial charge is 0.487 e. The van der Waals surface area contributed by atoms with E-state index in [1.807, 2.05) is 48.7 Å². The molecule has 0 aliphatic rings. The predicted molar refractivity (Wildman–Crippen MR) is 114 cm³/mol. The van der Waals surface area contributed by atoms with Gasteiger partial charge in [0.05, 0.1) is 16.4 Å². The summed E-state index contributed by atoms with van der Waals surface area (Å²) in [7, 11) is 0. The molecule has 30 heavy (non-hydrogen) atoms. The van der Waals surface area contributed by atoms with Gasteiger partial charge in [0.15, 0.2) is 0 Å². The number of aryl methyl sites for hydroxylation is 1. The molecule has 150 valence electrons. The van der Waals surface area contributed by atoms with Crippen molar-refractivity contribution in [3.05, 3.63) is 82.6 Å². The van der Waals surface area contributed by atoms with E-state index in [1.54, 1.807) is 29.5 Å². The number of nitrogens with one attached hydrogen (secondary N) is 1. The first-order chi connectivity index (χ1) is 14.7. The van der Waals surface area contributed by atoms with Gasteiger partial charge in [-0.25, -0.2) is 9.67 Å². The molecule has 9 heteroatoms. The minimum Gasteiger partial charge on any atom is -0.487 e. The first kappa shape index (κ1) is 19.5. The molecule has 0 spiro atoms. The second-order valence-electron chi connectivity index (χ2n) is 6.35. The molecule has 0 saturated heterocycles. The summed E-state index contributed by atoms with van der Waals surface area (Å²) in [6.45, 7) is 2.38.